The highest BCUT2D eigenvalue weighted by molar-refractivity contribution is 6.40. The van der Waals surface area contributed by atoms with E-state index < -0.39 is 11.8 Å². The van der Waals surface area contributed by atoms with Crippen molar-refractivity contribution in [2.75, 3.05) is 11.9 Å². The summed E-state index contributed by atoms with van der Waals surface area (Å²) in [6.07, 6.45) is 2.18. The lowest BCUT2D eigenvalue weighted by molar-refractivity contribution is -0.136. The lowest BCUT2D eigenvalue weighted by Gasteiger charge is -2.11. The van der Waals surface area contributed by atoms with Gasteiger partial charge in [0, 0.05) is 31.4 Å². The first kappa shape index (κ1) is 20.7. The first-order chi connectivity index (χ1) is 14.6. The zero-order valence-electron chi connectivity index (χ0n) is 16.3. The smallest absolute Gasteiger partial charge is 0.313 e. The zero-order valence-corrected chi connectivity index (χ0v) is 16.3. The molecule has 1 heterocycles. The number of para-hydroxylation sites is 1. The van der Waals surface area contributed by atoms with Crippen molar-refractivity contribution >= 4 is 23.4 Å². The van der Waals surface area contributed by atoms with Gasteiger partial charge in [0.25, 0.3) is 5.91 Å². The molecule has 0 atom stereocenters. The summed E-state index contributed by atoms with van der Waals surface area (Å²) in [6, 6.07) is 21.6. The van der Waals surface area contributed by atoms with E-state index in [4.69, 9.17) is 0 Å². The van der Waals surface area contributed by atoms with E-state index in [1.165, 1.54) is 0 Å². The van der Waals surface area contributed by atoms with Crippen LogP contribution in [0.25, 0.3) is 0 Å². The lowest BCUT2D eigenvalue weighted by Crippen LogP contribution is -2.37. The zero-order chi connectivity index (χ0) is 21.2. The minimum Gasteiger partial charge on any atom is -0.348 e. The van der Waals surface area contributed by atoms with Gasteiger partial charge in [0.1, 0.15) is 0 Å². The molecule has 0 spiro atoms. The Morgan fingerprint density at radius 3 is 2.27 bits per heavy atom. The molecule has 0 aliphatic carbocycles. The van der Waals surface area contributed by atoms with Crippen LogP contribution < -0.4 is 16.0 Å². The van der Waals surface area contributed by atoms with E-state index >= 15 is 0 Å². The standard InChI is InChI=1S/C23H22N4O3/c28-21(26-16-17-8-2-1-3-9-17)19-11-4-5-12-20(19)27-23(30)22(29)25-15-13-18-10-6-7-14-24-18/h1-12,14H,13,15-16H2,(H,25,29)(H,26,28)(H,27,30). The molecule has 2 aromatic carbocycles. The number of benzene rings is 2. The maximum atomic E-state index is 12.5. The number of carbonyl (C=O) groups is 3. The summed E-state index contributed by atoms with van der Waals surface area (Å²) in [7, 11) is 0. The van der Waals surface area contributed by atoms with Gasteiger partial charge in [-0.3, -0.25) is 19.4 Å². The number of rotatable bonds is 7. The molecule has 0 aliphatic heterocycles. The number of pyridine rings is 1. The average molecular weight is 402 g/mol. The normalized spacial score (nSPS) is 10.1. The Bertz CT molecular complexity index is 1010. The van der Waals surface area contributed by atoms with Crippen molar-refractivity contribution in [1.29, 1.82) is 0 Å². The molecule has 0 unspecified atom stereocenters. The number of hydrogen-bond donors (Lipinski definition) is 3. The van der Waals surface area contributed by atoms with Crippen LogP contribution in [0, 0.1) is 0 Å². The van der Waals surface area contributed by atoms with Crippen LogP contribution in [0.2, 0.25) is 0 Å². The predicted octanol–water partition coefficient (Wildman–Crippen LogP) is 2.31. The molecule has 0 aliphatic rings. The van der Waals surface area contributed by atoms with E-state index in [-0.39, 0.29) is 23.7 Å². The molecule has 30 heavy (non-hydrogen) atoms. The Balaban J connectivity index is 1.54. The molecule has 7 nitrogen and oxygen atoms in total. The van der Waals surface area contributed by atoms with Gasteiger partial charge in [-0.1, -0.05) is 48.5 Å². The van der Waals surface area contributed by atoms with Crippen LogP contribution >= 0.6 is 0 Å². The molecule has 0 fully saturated rings. The second kappa shape index (κ2) is 10.5. The number of hydrogen-bond acceptors (Lipinski definition) is 4. The van der Waals surface area contributed by atoms with E-state index in [0.29, 0.717) is 13.0 Å². The molecule has 3 amide bonds. The SMILES string of the molecule is O=C(NCCc1ccccn1)C(=O)Nc1ccccc1C(=O)NCc1ccccc1. The van der Waals surface area contributed by atoms with Gasteiger partial charge in [-0.15, -0.1) is 0 Å². The monoisotopic (exact) mass is 402 g/mol. The van der Waals surface area contributed by atoms with Gasteiger partial charge in [0.05, 0.1) is 11.3 Å². The summed E-state index contributed by atoms with van der Waals surface area (Å²) in [5, 5.41) is 7.88. The number of anilines is 1. The Morgan fingerprint density at radius 1 is 0.767 bits per heavy atom. The molecule has 3 rings (SSSR count). The highest BCUT2D eigenvalue weighted by atomic mass is 16.2. The van der Waals surface area contributed by atoms with Gasteiger partial charge in [-0.2, -0.15) is 0 Å². The van der Waals surface area contributed by atoms with E-state index in [9.17, 15) is 14.4 Å². The molecular weight excluding hydrogens is 380 g/mol. The summed E-state index contributed by atoms with van der Waals surface area (Å²) < 4.78 is 0. The van der Waals surface area contributed by atoms with Crippen molar-refractivity contribution < 1.29 is 14.4 Å². The maximum absolute atomic E-state index is 12.5. The first-order valence-electron chi connectivity index (χ1n) is 9.54. The molecular formula is C23H22N4O3. The summed E-state index contributed by atoms with van der Waals surface area (Å²) in [5.41, 5.74) is 2.33. The molecule has 3 aromatic rings. The van der Waals surface area contributed by atoms with Crippen LogP contribution in [0.4, 0.5) is 5.69 Å². The van der Waals surface area contributed by atoms with Crippen LogP contribution in [0.15, 0.2) is 79.0 Å². The van der Waals surface area contributed by atoms with Gasteiger partial charge < -0.3 is 16.0 Å². The van der Waals surface area contributed by atoms with Crippen LogP contribution in [0.1, 0.15) is 21.6 Å². The highest BCUT2D eigenvalue weighted by Crippen LogP contribution is 2.15. The molecule has 7 heteroatoms. The second-order valence-corrected chi connectivity index (χ2v) is 6.49. The first-order valence-corrected chi connectivity index (χ1v) is 9.54. The number of nitrogens with one attached hydrogen (secondary N) is 3. The predicted molar refractivity (Wildman–Crippen MR) is 114 cm³/mol. The lowest BCUT2D eigenvalue weighted by atomic mass is 10.1. The van der Waals surface area contributed by atoms with Crippen molar-refractivity contribution in [3.63, 3.8) is 0 Å². The number of amides is 3. The minimum absolute atomic E-state index is 0.271. The summed E-state index contributed by atoms with van der Waals surface area (Å²) in [6.45, 7) is 0.637. The number of carbonyl (C=O) groups excluding carboxylic acids is 3. The second-order valence-electron chi connectivity index (χ2n) is 6.49. The van der Waals surface area contributed by atoms with Crippen LogP contribution in [0.5, 0.6) is 0 Å². The average Bonchev–Trinajstić information content (AvgIpc) is 2.79. The fourth-order valence-corrected chi connectivity index (χ4v) is 2.77. The highest BCUT2D eigenvalue weighted by Gasteiger charge is 2.17. The summed E-state index contributed by atoms with van der Waals surface area (Å²) >= 11 is 0. The Morgan fingerprint density at radius 2 is 1.50 bits per heavy atom. The van der Waals surface area contributed by atoms with E-state index in [2.05, 4.69) is 20.9 Å². The molecule has 3 N–H and O–H groups in total. The molecule has 0 radical (unpaired) electrons. The van der Waals surface area contributed by atoms with Crippen LogP contribution in [0.3, 0.4) is 0 Å². The Kier molecular flexibility index (Phi) is 7.27. The Hall–Kier alpha value is -4.00. The third kappa shape index (κ3) is 6.00. The summed E-state index contributed by atoms with van der Waals surface area (Å²) in [5.74, 6) is -1.95. The molecule has 0 saturated heterocycles. The van der Waals surface area contributed by atoms with Gasteiger partial charge >= 0.3 is 11.8 Å². The number of nitrogens with zero attached hydrogens (tertiary/aromatic N) is 1. The van der Waals surface area contributed by atoms with Crippen molar-refractivity contribution in [1.82, 2.24) is 15.6 Å². The van der Waals surface area contributed by atoms with Crippen LogP contribution in [-0.4, -0.2) is 29.3 Å². The third-order valence-corrected chi connectivity index (χ3v) is 4.31. The van der Waals surface area contributed by atoms with E-state index in [0.717, 1.165) is 11.3 Å². The summed E-state index contributed by atoms with van der Waals surface area (Å²) in [4.78, 5) is 41.0. The minimum atomic E-state index is -0.834. The third-order valence-electron chi connectivity index (χ3n) is 4.31. The fourth-order valence-electron chi connectivity index (χ4n) is 2.77. The van der Waals surface area contributed by atoms with E-state index in [1.54, 1.807) is 30.5 Å². The molecule has 152 valence electrons. The topological polar surface area (TPSA) is 100 Å². The largest absolute Gasteiger partial charge is 0.348 e. The Labute approximate surface area is 174 Å². The fraction of sp³-hybridized carbons (Fsp3) is 0.130. The van der Waals surface area contributed by atoms with Crippen molar-refractivity contribution in [2.45, 2.75) is 13.0 Å². The van der Waals surface area contributed by atoms with Gasteiger partial charge in [-0.25, -0.2) is 0 Å². The molecule has 0 saturated carbocycles. The van der Waals surface area contributed by atoms with Gasteiger partial charge in [-0.05, 0) is 29.8 Å². The molecule has 1 aromatic heterocycles. The van der Waals surface area contributed by atoms with Gasteiger partial charge in [0.2, 0.25) is 0 Å². The maximum Gasteiger partial charge on any atom is 0.313 e. The number of aromatic nitrogens is 1. The van der Waals surface area contributed by atoms with Crippen molar-refractivity contribution in [3.8, 4) is 0 Å². The van der Waals surface area contributed by atoms with Gasteiger partial charge in [0.15, 0.2) is 0 Å². The van der Waals surface area contributed by atoms with Crippen molar-refractivity contribution in [3.05, 3.63) is 95.8 Å². The van der Waals surface area contributed by atoms with Crippen molar-refractivity contribution in [2.24, 2.45) is 0 Å². The molecule has 0 bridgehead atoms. The quantitative estimate of drug-likeness (QED) is 0.528. The van der Waals surface area contributed by atoms with Crippen LogP contribution in [-0.2, 0) is 22.6 Å². The van der Waals surface area contributed by atoms with E-state index in [1.807, 2.05) is 48.5 Å².